The molecule has 4 saturated carbocycles. The fourth-order valence-electron chi connectivity index (χ4n) is 7.27. The molecule has 2 heterocycles. The van der Waals surface area contributed by atoms with Gasteiger partial charge in [0.1, 0.15) is 5.75 Å². The molecule has 2 aromatic rings. The number of rotatable bonds is 4. The molecule has 4 aliphatic carbocycles. The van der Waals surface area contributed by atoms with Crippen LogP contribution in [0.3, 0.4) is 0 Å². The van der Waals surface area contributed by atoms with Gasteiger partial charge in [-0.25, -0.2) is 0 Å². The number of carbonyl (C=O) groups excluding carboxylic acids is 2. The van der Waals surface area contributed by atoms with E-state index in [2.05, 4.69) is 11.1 Å². The van der Waals surface area contributed by atoms with Crippen LogP contribution in [0.15, 0.2) is 36.5 Å². The number of hydrogen-bond acceptors (Lipinski definition) is 5. The molecule has 1 aromatic heterocycles. The molecule has 7 rings (SSSR count). The Morgan fingerprint density at radius 2 is 1.75 bits per heavy atom. The molecule has 5 nitrogen and oxygen atoms in total. The summed E-state index contributed by atoms with van der Waals surface area (Å²) < 4.78 is 0. The van der Waals surface area contributed by atoms with Gasteiger partial charge in [0.05, 0.1) is 17.5 Å². The molecule has 0 spiro atoms. The molecule has 1 aliphatic heterocycles. The number of benzene rings is 1. The first-order valence-electron chi connectivity index (χ1n) is 11.7. The highest BCUT2D eigenvalue weighted by Gasteiger charge is 2.52. The van der Waals surface area contributed by atoms with Crippen LogP contribution < -0.4 is 0 Å². The summed E-state index contributed by atoms with van der Waals surface area (Å²) in [5.74, 6) is 2.95. The van der Waals surface area contributed by atoms with Gasteiger partial charge in [-0.1, -0.05) is 17.8 Å². The standard InChI is InChI=1S/C26H28N2O3S/c1-15(28-24(30)14-32-25(28)31)20-2-4-22(27-13-20)19-3-5-23(29)21(9-19)26-10-16-6-17(11-26)8-18(7-16)12-26/h2-5,9,13,15-18,29H,6-8,10-12,14H2,1H3. The van der Waals surface area contributed by atoms with Gasteiger partial charge in [-0.05, 0) is 98.4 Å². The highest BCUT2D eigenvalue weighted by Crippen LogP contribution is 2.62. The summed E-state index contributed by atoms with van der Waals surface area (Å²) in [4.78, 5) is 30.1. The molecule has 1 unspecified atom stereocenters. The summed E-state index contributed by atoms with van der Waals surface area (Å²) in [5.41, 5.74) is 3.94. The monoisotopic (exact) mass is 448 g/mol. The number of carbonyl (C=O) groups is 2. The fraction of sp³-hybridized carbons (Fsp3) is 0.500. The van der Waals surface area contributed by atoms with E-state index in [9.17, 15) is 14.7 Å². The summed E-state index contributed by atoms with van der Waals surface area (Å²) in [6.07, 6.45) is 9.51. The lowest BCUT2D eigenvalue weighted by molar-refractivity contribution is -0.126. The van der Waals surface area contributed by atoms with Gasteiger partial charge in [-0.3, -0.25) is 19.5 Å². The predicted molar refractivity (Wildman–Crippen MR) is 124 cm³/mol. The Kier molecular flexibility index (Phi) is 4.65. The maximum absolute atomic E-state index is 12.1. The van der Waals surface area contributed by atoms with E-state index in [-0.39, 0.29) is 28.4 Å². The van der Waals surface area contributed by atoms with Crippen molar-refractivity contribution in [2.24, 2.45) is 17.8 Å². The zero-order chi connectivity index (χ0) is 22.0. The van der Waals surface area contributed by atoms with E-state index in [0.29, 0.717) is 5.75 Å². The third-order valence-corrected chi connectivity index (χ3v) is 9.18. The first-order valence-corrected chi connectivity index (χ1v) is 12.7. The zero-order valence-corrected chi connectivity index (χ0v) is 19.1. The van der Waals surface area contributed by atoms with Gasteiger partial charge < -0.3 is 5.11 Å². The van der Waals surface area contributed by atoms with Crippen molar-refractivity contribution in [3.05, 3.63) is 47.7 Å². The van der Waals surface area contributed by atoms with E-state index in [1.54, 1.807) is 6.20 Å². The Hall–Kier alpha value is -2.34. The second kappa shape index (κ2) is 7.34. The van der Waals surface area contributed by atoms with Gasteiger partial charge in [0.2, 0.25) is 5.91 Å². The Bertz CT molecular complexity index is 1050. The minimum Gasteiger partial charge on any atom is -0.508 e. The van der Waals surface area contributed by atoms with Gasteiger partial charge in [0, 0.05) is 17.3 Å². The van der Waals surface area contributed by atoms with E-state index in [4.69, 9.17) is 0 Å². The summed E-state index contributed by atoms with van der Waals surface area (Å²) in [5, 5.41) is 10.6. The third-order valence-electron chi connectivity index (χ3n) is 8.34. The van der Waals surface area contributed by atoms with Crippen molar-refractivity contribution >= 4 is 22.9 Å². The van der Waals surface area contributed by atoms with Crippen molar-refractivity contribution in [3.8, 4) is 17.0 Å². The second-order valence-electron chi connectivity index (χ2n) is 10.4. The summed E-state index contributed by atoms with van der Waals surface area (Å²) in [7, 11) is 0. The quantitative estimate of drug-likeness (QED) is 0.652. The van der Waals surface area contributed by atoms with E-state index in [1.165, 1.54) is 43.4 Å². The van der Waals surface area contributed by atoms with Crippen LogP contribution in [0.25, 0.3) is 11.3 Å². The molecule has 4 bridgehead atoms. The van der Waals surface area contributed by atoms with E-state index in [1.807, 2.05) is 31.2 Å². The minimum atomic E-state index is -0.325. The van der Waals surface area contributed by atoms with Crippen LogP contribution in [0, 0.1) is 17.8 Å². The lowest BCUT2D eigenvalue weighted by atomic mass is 9.48. The maximum atomic E-state index is 12.1. The summed E-state index contributed by atoms with van der Waals surface area (Å²) in [6, 6.07) is 9.52. The van der Waals surface area contributed by atoms with Crippen LogP contribution in [0.4, 0.5) is 4.79 Å². The number of nitrogens with zero attached hydrogens (tertiary/aromatic N) is 2. The Balaban J connectivity index is 1.30. The Morgan fingerprint density at radius 3 is 2.31 bits per heavy atom. The van der Waals surface area contributed by atoms with Gasteiger partial charge in [-0.15, -0.1) is 0 Å². The Morgan fingerprint density at radius 1 is 1.06 bits per heavy atom. The number of thioether (sulfide) groups is 1. The van der Waals surface area contributed by atoms with Crippen LogP contribution in [0.5, 0.6) is 5.75 Å². The average molecular weight is 449 g/mol. The highest BCUT2D eigenvalue weighted by atomic mass is 32.2. The third kappa shape index (κ3) is 3.18. The topological polar surface area (TPSA) is 70.5 Å². The number of phenolic OH excluding ortho intramolecular Hbond substituents is 1. The maximum Gasteiger partial charge on any atom is 0.289 e. The first kappa shape index (κ1) is 20.3. The highest BCUT2D eigenvalue weighted by molar-refractivity contribution is 8.14. The van der Waals surface area contributed by atoms with Crippen LogP contribution in [-0.2, 0) is 10.2 Å². The van der Waals surface area contributed by atoms with Crippen molar-refractivity contribution in [2.45, 2.75) is 56.9 Å². The fourth-order valence-corrected chi connectivity index (χ4v) is 8.06. The van der Waals surface area contributed by atoms with Crippen LogP contribution in [0.2, 0.25) is 0 Å². The molecule has 5 aliphatic rings. The molecule has 0 radical (unpaired) electrons. The molecule has 1 saturated heterocycles. The molecule has 1 atom stereocenters. The van der Waals surface area contributed by atoms with Crippen LogP contribution in [-0.4, -0.2) is 31.9 Å². The molecule has 5 fully saturated rings. The number of pyridine rings is 1. The molecule has 1 aromatic carbocycles. The van der Waals surface area contributed by atoms with Crippen molar-refractivity contribution in [1.29, 1.82) is 0 Å². The molecule has 32 heavy (non-hydrogen) atoms. The van der Waals surface area contributed by atoms with E-state index < -0.39 is 0 Å². The molecule has 2 amide bonds. The molecule has 6 heteroatoms. The smallest absolute Gasteiger partial charge is 0.289 e. The zero-order valence-electron chi connectivity index (χ0n) is 18.3. The summed E-state index contributed by atoms with van der Waals surface area (Å²) >= 11 is 1.06. The Labute approximate surface area is 192 Å². The molecule has 1 N–H and O–H groups in total. The number of imide groups is 1. The number of amides is 2. The van der Waals surface area contributed by atoms with E-state index in [0.717, 1.165) is 51.9 Å². The van der Waals surface area contributed by atoms with Gasteiger partial charge in [-0.2, -0.15) is 0 Å². The van der Waals surface area contributed by atoms with Gasteiger partial charge in [0.25, 0.3) is 5.24 Å². The van der Waals surface area contributed by atoms with Crippen molar-refractivity contribution in [3.63, 3.8) is 0 Å². The predicted octanol–water partition coefficient (Wildman–Crippen LogP) is 5.68. The molecular weight excluding hydrogens is 420 g/mol. The number of phenols is 1. The van der Waals surface area contributed by atoms with Crippen LogP contribution in [0.1, 0.15) is 62.6 Å². The number of hydrogen-bond donors (Lipinski definition) is 1. The van der Waals surface area contributed by atoms with Crippen molar-refractivity contribution < 1.29 is 14.7 Å². The van der Waals surface area contributed by atoms with Gasteiger partial charge in [0.15, 0.2) is 0 Å². The first-order chi connectivity index (χ1) is 15.4. The average Bonchev–Trinajstić information content (AvgIpc) is 3.10. The van der Waals surface area contributed by atoms with Crippen molar-refractivity contribution in [1.82, 2.24) is 9.88 Å². The van der Waals surface area contributed by atoms with Gasteiger partial charge >= 0.3 is 0 Å². The SMILES string of the molecule is CC(c1ccc(-c2ccc(O)c(C34CC5CC(CC(C5)C3)C4)c2)nc1)N1C(=O)CSC1=O. The number of aromatic nitrogens is 1. The molecule has 166 valence electrons. The van der Waals surface area contributed by atoms with E-state index >= 15 is 0 Å². The summed E-state index contributed by atoms with van der Waals surface area (Å²) in [6.45, 7) is 1.87. The minimum absolute atomic E-state index is 0.122. The molecular formula is C26H28N2O3S. The largest absolute Gasteiger partial charge is 0.508 e. The lowest BCUT2D eigenvalue weighted by Crippen LogP contribution is -2.48. The van der Waals surface area contributed by atoms with Crippen LogP contribution >= 0.6 is 11.8 Å². The lowest BCUT2D eigenvalue weighted by Gasteiger charge is -2.57. The number of aromatic hydroxyl groups is 1. The second-order valence-corrected chi connectivity index (χ2v) is 11.3. The normalized spacial score (nSPS) is 32.0. The van der Waals surface area contributed by atoms with Crippen molar-refractivity contribution in [2.75, 3.05) is 5.75 Å².